The van der Waals surface area contributed by atoms with Crippen molar-refractivity contribution >= 4 is 47.3 Å². The van der Waals surface area contributed by atoms with Crippen LogP contribution in [0.3, 0.4) is 0 Å². The average Bonchev–Trinajstić information content (AvgIpc) is 2.55. The van der Waals surface area contributed by atoms with Gasteiger partial charge in [0.2, 0.25) is 0 Å². The second-order valence-corrected chi connectivity index (χ2v) is 6.37. The summed E-state index contributed by atoms with van der Waals surface area (Å²) >= 11 is 6.33. The predicted molar refractivity (Wildman–Crippen MR) is 104 cm³/mol. The Balaban J connectivity index is 0.00000169. The van der Waals surface area contributed by atoms with Crippen molar-refractivity contribution in [1.29, 1.82) is 0 Å². The summed E-state index contributed by atoms with van der Waals surface area (Å²) in [6.07, 6.45) is -5.02. The zero-order valence-corrected chi connectivity index (χ0v) is 16.3. The predicted octanol–water partition coefficient (Wildman–Crippen LogP) is 5.02. The maximum Gasteiger partial charge on any atom is 0.389 e. The van der Waals surface area contributed by atoms with Gasteiger partial charge < -0.3 is 5.32 Å². The van der Waals surface area contributed by atoms with E-state index in [1.165, 1.54) is 0 Å². The van der Waals surface area contributed by atoms with E-state index < -0.39 is 12.6 Å². The van der Waals surface area contributed by atoms with Gasteiger partial charge in [0.25, 0.3) is 0 Å². The van der Waals surface area contributed by atoms with Crippen LogP contribution in [0.25, 0.3) is 10.9 Å². The van der Waals surface area contributed by atoms with Gasteiger partial charge in [-0.05, 0) is 18.6 Å². The van der Waals surface area contributed by atoms with Crippen LogP contribution in [0.2, 0.25) is 5.15 Å². The second-order valence-electron chi connectivity index (χ2n) is 6.02. The van der Waals surface area contributed by atoms with Crippen molar-refractivity contribution in [3.63, 3.8) is 0 Å². The van der Waals surface area contributed by atoms with Gasteiger partial charge in [0.1, 0.15) is 5.15 Å². The molecule has 1 fully saturated rings. The smallest absolute Gasteiger partial charge is 0.314 e. The fourth-order valence-electron chi connectivity index (χ4n) is 3.17. The topological polar surface area (TPSA) is 28.2 Å². The number of nitrogens with zero attached hydrogens (tertiary/aromatic N) is 2. The Morgan fingerprint density at radius 3 is 2.46 bits per heavy atom. The average molecular weight is 431 g/mol. The molecular weight excluding hydrogens is 410 g/mol. The molecule has 2 heterocycles. The van der Waals surface area contributed by atoms with Crippen molar-refractivity contribution in [3.8, 4) is 0 Å². The van der Waals surface area contributed by atoms with Crippen LogP contribution in [0, 0.1) is 0 Å². The van der Waals surface area contributed by atoms with E-state index in [4.69, 9.17) is 11.6 Å². The maximum absolute atomic E-state index is 12.8. The van der Waals surface area contributed by atoms with Crippen molar-refractivity contribution in [3.05, 3.63) is 41.0 Å². The molecule has 0 aliphatic carbocycles. The lowest BCUT2D eigenvalue weighted by atomic mass is 9.99. The van der Waals surface area contributed by atoms with Gasteiger partial charge >= 0.3 is 6.18 Å². The molecule has 3 rings (SSSR count). The summed E-state index contributed by atoms with van der Waals surface area (Å²) in [5, 5.41) is 4.41. The summed E-state index contributed by atoms with van der Waals surface area (Å²) < 4.78 is 38.3. The van der Waals surface area contributed by atoms with Gasteiger partial charge in [-0.25, -0.2) is 4.98 Å². The Morgan fingerprint density at radius 1 is 1.15 bits per heavy atom. The first-order valence-electron chi connectivity index (χ1n) is 8.01. The molecule has 1 saturated heterocycles. The number of halogens is 6. The third kappa shape index (κ3) is 5.86. The molecule has 0 radical (unpaired) electrons. The van der Waals surface area contributed by atoms with Crippen LogP contribution in [0.4, 0.5) is 13.2 Å². The van der Waals surface area contributed by atoms with Crippen LogP contribution in [0.1, 0.15) is 24.4 Å². The molecule has 1 aromatic heterocycles. The third-order valence-electron chi connectivity index (χ3n) is 4.36. The minimum absolute atomic E-state index is 0. The first kappa shape index (κ1) is 23.2. The van der Waals surface area contributed by atoms with E-state index in [-0.39, 0.29) is 37.3 Å². The summed E-state index contributed by atoms with van der Waals surface area (Å²) in [6, 6.07) is 9.01. The summed E-state index contributed by atoms with van der Waals surface area (Å²) in [7, 11) is 0. The molecule has 1 aromatic carbocycles. The zero-order chi connectivity index (χ0) is 17.2. The summed E-state index contributed by atoms with van der Waals surface area (Å²) in [5.41, 5.74) is 1.43. The quantitative estimate of drug-likeness (QED) is 0.690. The van der Waals surface area contributed by atoms with Gasteiger partial charge in [0, 0.05) is 49.6 Å². The third-order valence-corrected chi connectivity index (χ3v) is 4.66. The van der Waals surface area contributed by atoms with Crippen molar-refractivity contribution < 1.29 is 13.2 Å². The van der Waals surface area contributed by atoms with Crippen LogP contribution in [-0.4, -0.2) is 42.2 Å². The molecule has 146 valence electrons. The number of fused-ring (bicyclic) bond motifs is 1. The fraction of sp³-hybridized carbons (Fsp3) is 0.471. The minimum atomic E-state index is -4.18. The van der Waals surface area contributed by atoms with E-state index in [0.717, 1.165) is 24.0 Å². The number of benzene rings is 1. The number of alkyl halides is 3. The molecule has 1 aliphatic rings. The Labute approximate surface area is 168 Å². The van der Waals surface area contributed by atoms with E-state index in [2.05, 4.69) is 15.2 Å². The lowest BCUT2D eigenvalue weighted by molar-refractivity contribution is -0.138. The number of hydrogen-bond donors (Lipinski definition) is 1. The van der Waals surface area contributed by atoms with Crippen LogP contribution >= 0.6 is 36.4 Å². The number of pyridine rings is 1. The van der Waals surface area contributed by atoms with Crippen molar-refractivity contribution in [2.24, 2.45) is 0 Å². The standard InChI is InChI=1S/C17H19ClF3N3.2ClH/c18-16-13(11-12-3-1-2-4-14(12)23-16)15(5-6-17(19,20)21)24-9-7-22-8-10-24;;/h1-4,11,15,22H,5-10H2;2*1H/t15-;;/m0../s1. The highest BCUT2D eigenvalue weighted by Gasteiger charge is 2.32. The Hall–Kier alpha value is -0.790. The normalized spacial score (nSPS) is 16.6. The Morgan fingerprint density at radius 2 is 1.81 bits per heavy atom. The van der Waals surface area contributed by atoms with Crippen LogP contribution in [0.15, 0.2) is 30.3 Å². The lowest BCUT2D eigenvalue weighted by Gasteiger charge is -2.35. The van der Waals surface area contributed by atoms with Crippen LogP contribution in [-0.2, 0) is 0 Å². The maximum atomic E-state index is 12.8. The zero-order valence-electron chi connectivity index (χ0n) is 13.9. The molecule has 1 atom stereocenters. The highest BCUT2D eigenvalue weighted by molar-refractivity contribution is 6.30. The molecular formula is C17H21Cl3F3N3. The fourth-order valence-corrected chi connectivity index (χ4v) is 3.44. The molecule has 9 heteroatoms. The Kier molecular flexibility index (Phi) is 8.89. The monoisotopic (exact) mass is 429 g/mol. The number of rotatable bonds is 4. The van der Waals surface area contributed by atoms with Crippen LogP contribution in [0.5, 0.6) is 0 Å². The first-order chi connectivity index (χ1) is 11.4. The first-order valence-corrected chi connectivity index (χ1v) is 8.38. The van der Waals surface area contributed by atoms with E-state index in [9.17, 15) is 13.2 Å². The summed E-state index contributed by atoms with van der Waals surface area (Å²) in [6.45, 7) is 2.93. The van der Waals surface area contributed by atoms with Crippen LogP contribution < -0.4 is 5.32 Å². The number of para-hydroxylation sites is 1. The highest BCUT2D eigenvalue weighted by atomic mass is 35.5. The lowest BCUT2D eigenvalue weighted by Crippen LogP contribution is -2.45. The van der Waals surface area contributed by atoms with Gasteiger partial charge in [-0.3, -0.25) is 4.90 Å². The minimum Gasteiger partial charge on any atom is -0.314 e. The molecule has 2 aromatic rings. The van der Waals surface area contributed by atoms with Crippen molar-refractivity contribution in [1.82, 2.24) is 15.2 Å². The number of nitrogens with one attached hydrogen (secondary N) is 1. The van der Waals surface area contributed by atoms with E-state index in [1.54, 1.807) is 0 Å². The molecule has 1 N–H and O–H groups in total. The van der Waals surface area contributed by atoms with Crippen molar-refractivity contribution in [2.75, 3.05) is 26.2 Å². The van der Waals surface area contributed by atoms with E-state index in [0.29, 0.717) is 23.8 Å². The summed E-state index contributed by atoms with van der Waals surface area (Å²) in [4.78, 5) is 6.45. The number of piperazine rings is 1. The molecule has 26 heavy (non-hydrogen) atoms. The Bertz CT molecular complexity index is 706. The summed E-state index contributed by atoms with van der Waals surface area (Å²) in [5.74, 6) is 0. The second kappa shape index (κ2) is 9.95. The molecule has 0 spiro atoms. The van der Waals surface area contributed by atoms with Gasteiger partial charge in [0.15, 0.2) is 0 Å². The SMILES string of the molecule is Cl.Cl.FC(F)(F)CC[C@@H](c1cc2ccccc2nc1Cl)N1CCNCC1. The molecule has 0 amide bonds. The molecule has 0 bridgehead atoms. The number of hydrogen-bond acceptors (Lipinski definition) is 3. The van der Waals surface area contributed by atoms with Gasteiger partial charge in [-0.15, -0.1) is 24.8 Å². The van der Waals surface area contributed by atoms with E-state index >= 15 is 0 Å². The van der Waals surface area contributed by atoms with E-state index in [1.807, 2.05) is 30.3 Å². The molecule has 1 aliphatic heterocycles. The van der Waals surface area contributed by atoms with Gasteiger partial charge in [-0.2, -0.15) is 13.2 Å². The molecule has 0 unspecified atom stereocenters. The highest BCUT2D eigenvalue weighted by Crippen LogP contribution is 2.35. The largest absolute Gasteiger partial charge is 0.389 e. The molecule has 0 saturated carbocycles. The van der Waals surface area contributed by atoms with Gasteiger partial charge in [-0.1, -0.05) is 29.8 Å². The van der Waals surface area contributed by atoms with Gasteiger partial charge in [0.05, 0.1) is 5.52 Å². The van der Waals surface area contributed by atoms with Crippen molar-refractivity contribution in [2.45, 2.75) is 25.1 Å². The number of aromatic nitrogens is 1. The molecule has 3 nitrogen and oxygen atoms in total.